The second kappa shape index (κ2) is 25.6. The number of Topliss-reactive ketones (excluding diaryl/α,β-unsaturated/α-hetero) is 2. The molecular weight excluding hydrogens is 897 g/mol. The van der Waals surface area contributed by atoms with Crippen LogP contribution in [0.25, 0.3) is 0 Å². The molecule has 0 bridgehead atoms. The Kier molecular flexibility index (Phi) is 20.1. The maximum absolute atomic E-state index is 12.3. The summed E-state index contributed by atoms with van der Waals surface area (Å²) in [6.07, 6.45) is 6.33. The van der Waals surface area contributed by atoms with Gasteiger partial charge in [0.25, 0.3) is 0 Å². The van der Waals surface area contributed by atoms with E-state index in [0.29, 0.717) is 39.6 Å². The topological polar surface area (TPSA) is 116 Å². The van der Waals surface area contributed by atoms with E-state index < -0.39 is 6.04 Å². The maximum atomic E-state index is 12.3. The molecule has 3 unspecified atom stereocenters. The number of nitrogens with zero attached hydrogens (tertiary/aromatic N) is 2. The van der Waals surface area contributed by atoms with Crippen LogP contribution < -0.4 is 5.73 Å². The maximum Gasteiger partial charge on any atom is 0.238 e. The van der Waals surface area contributed by atoms with E-state index in [0.717, 1.165) is 65.1 Å². The van der Waals surface area contributed by atoms with E-state index >= 15 is 0 Å². The summed E-state index contributed by atoms with van der Waals surface area (Å²) in [5.41, 5.74) is 19.9. The third kappa shape index (κ3) is 14.5. The molecule has 0 aliphatic carbocycles. The Labute approximate surface area is 412 Å². The molecule has 6 aromatic rings. The highest BCUT2D eigenvalue weighted by Gasteiger charge is 2.27. The van der Waals surface area contributed by atoms with Gasteiger partial charge in [0.15, 0.2) is 11.6 Å². The predicted octanol–water partition coefficient (Wildman–Crippen LogP) is 15.6. The Morgan fingerprint density at radius 1 is 0.642 bits per heavy atom. The number of ketones is 2. The van der Waals surface area contributed by atoms with Crippen LogP contribution in [0.1, 0.15) is 154 Å². The van der Waals surface area contributed by atoms with E-state index in [9.17, 15) is 19.7 Å². The van der Waals surface area contributed by atoms with Gasteiger partial charge in [-0.1, -0.05) is 153 Å². The number of halogens is 3. The number of rotatable bonds is 16. The lowest BCUT2D eigenvalue weighted by Gasteiger charge is -2.15. The largest absolute Gasteiger partial charge is 0.324 e. The molecule has 6 aromatic carbocycles. The quantitative estimate of drug-likeness (QED) is 0.0589. The van der Waals surface area contributed by atoms with Crippen LogP contribution in [0.2, 0.25) is 15.1 Å². The van der Waals surface area contributed by atoms with Crippen LogP contribution in [0.15, 0.2) is 132 Å². The summed E-state index contributed by atoms with van der Waals surface area (Å²) in [7, 11) is 0. The predicted molar refractivity (Wildman–Crippen MR) is 278 cm³/mol. The molecule has 3 atom stereocenters. The normalized spacial score (nSPS) is 13.9. The first-order valence-electron chi connectivity index (χ1n) is 23.2. The second-order valence-electron chi connectivity index (χ2n) is 17.0. The molecule has 0 aromatic heterocycles. The van der Waals surface area contributed by atoms with Crippen molar-refractivity contribution in [3.8, 4) is 0 Å². The van der Waals surface area contributed by atoms with Gasteiger partial charge in [0.1, 0.15) is 0 Å². The third-order valence-corrected chi connectivity index (χ3v) is 13.4. The first-order chi connectivity index (χ1) is 32.1. The van der Waals surface area contributed by atoms with Crippen LogP contribution >= 0.6 is 34.8 Å². The van der Waals surface area contributed by atoms with E-state index in [1.807, 2.05) is 62.4 Å². The number of nitrogens with two attached hydrogens (primary N) is 1. The molecule has 10 heteroatoms. The molecule has 0 fully saturated rings. The lowest BCUT2D eigenvalue weighted by Crippen LogP contribution is -2.14. The molecule has 0 saturated heterocycles. The molecule has 2 N–H and O–H groups in total. The summed E-state index contributed by atoms with van der Waals surface area (Å²) in [6, 6.07) is 40.0. The summed E-state index contributed by atoms with van der Waals surface area (Å²) in [4.78, 5) is 40.7. The minimum Gasteiger partial charge on any atom is -0.324 e. The van der Waals surface area contributed by atoms with Crippen molar-refractivity contribution in [3.63, 3.8) is 0 Å². The summed E-state index contributed by atoms with van der Waals surface area (Å²) in [5, 5.41) is 13.2. The van der Waals surface area contributed by atoms with E-state index in [4.69, 9.17) is 45.5 Å². The van der Waals surface area contributed by atoms with Gasteiger partial charge in [-0.2, -0.15) is 0 Å². The molecule has 0 saturated carbocycles. The monoisotopic (exact) mass is 957 g/mol. The van der Waals surface area contributed by atoms with Crippen molar-refractivity contribution >= 4 is 52.1 Å². The summed E-state index contributed by atoms with van der Waals surface area (Å²) in [6.45, 7) is 12.5. The Balaban J connectivity index is 0.000000188. The van der Waals surface area contributed by atoms with Crippen molar-refractivity contribution < 1.29 is 14.5 Å². The van der Waals surface area contributed by atoms with Gasteiger partial charge in [-0.25, -0.2) is 0 Å². The Morgan fingerprint density at radius 3 is 1.58 bits per heavy atom. The molecule has 67 heavy (non-hydrogen) atoms. The van der Waals surface area contributed by atoms with Gasteiger partial charge in [0.05, 0.1) is 16.1 Å². The van der Waals surface area contributed by atoms with Gasteiger partial charge in [-0.05, 0) is 134 Å². The van der Waals surface area contributed by atoms with Gasteiger partial charge in [-0.15, -0.1) is 0 Å². The molecule has 7 rings (SSSR count). The van der Waals surface area contributed by atoms with Gasteiger partial charge in [0.2, 0.25) is 6.04 Å². The average Bonchev–Trinajstić information content (AvgIpc) is 3.81. The molecule has 0 radical (unpaired) electrons. The number of hydrogen-bond donors (Lipinski definition) is 1. The Bertz CT molecular complexity index is 2700. The smallest absolute Gasteiger partial charge is 0.238 e. The van der Waals surface area contributed by atoms with Crippen LogP contribution in [0.4, 0.5) is 0 Å². The van der Waals surface area contributed by atoms with Crippen LogP contribution in [-0.4, -0.2) is 22.2 Å². The summed E-state index contributed by atoms with van der Waals surface area (Å²) < 4.78 is 0. The van der Waals surface area contributed by atoms with Crippen molar-refractivity contribution in [1.29, 1.82) is 0 Å². The van der Waals surface area contributed by atoms with Gasteiger partial charge < -0.3 is 5.73 Å². The van der Waals surface area contributed by atoms with E-state index in [-0.39, 0.29) is 41.4 Å². The van der Waals surface area contributed by atoms with Crippen LogP contribution in [-0.2, 0) is 19.3 Å². The fourth-order valence-electron chi connectivity index (χ4n) is 8.48. The zero-order chi connectivity index (χ0) is 48.6. The zero-order valence-corrected chi connectivity index (χ0v) is 41.7. The van der Waals surface area contributed by atoms with Crippen LogP contribution in [0, 0.1) is 30.9 Å². The van der Waals surface area contributed by atoms with Crippen molar-refractivity contribution in [2.24, 2.45) is 10.7 Å². The van der Waals surface area contributed by atoms with E-state index in [2.05, 4.69) is 70.2 Å². The second-order valence-corrected chi connectivity index (χ2v) is 18.3. The van der Waals surface area contributed by atoms with Gasteiger partial charge in [0, 0.05) is 63.2 Å². The van der Waals surface area contributed by atoms with Crippen LogP contribution in [0.3, 0.4) is 0 Å². The average molecular weight is 959 g/mol. The molecule has 7 nitrogen and oxygen atoms in total. The molecular formula is C57H62Cl3N3O4. The third-order valence-electron chi connectivity index (χ3n) is 12.4. The number of hydrogen-bond acceptors (Lipinski definition) is 6. The lowest BCUT2D eigenvalue weighted by molar-refractivity contribution is -0.529. The minimum atomic E-state index is -0.887. The van der Waals surface area contributed by atoms with E-state index in [1.165, 1.54) is 27.8 Å². The number of benzene rings is 6. The standard InChI is InChI=1S/C19H20ClNO3.C19H22ClNO.C19H20ClN/c1-3-14-8-9-15(13(2)12-14)18(21(23)24)10-11-19(22)16-6-4-5-7-17(16)20;1-3-14-8-9-15(13(2)12-14)18(21)10-11-19(22)16-6-4-5-7-17(16)20;1-3-14-8-9-15(13(2)12-14)18-10-11-19(21-18)16-6-4-5-7-17(16)20/h4-9,12,18H,3,10-11H2,1-2H3;4-9,12,18H,3,10-11,21H2,1-2H3;4-9,12,18H,3,10-11H2,1-2H3. The highest BCUT2D eigenvalue weighted by molar-refractivity contribution is 6.35. The molecule has 0 spiro atoms. The number of nitro groups is 1. The van der Waals surface area contributed by atoms with Gasteiger partial charge in [-0.3, -0.25) is 24.7 Å². The summed E-state index contributed by atoms with van der Waals surface area (Å²) in [5.74, 6) is -0.126. The first kappa shape index (κ1) is 52.5. The Morgan fingerprint density at radius 2 is 1.10 bits per heavy atom. The highest BCUT2D eigenvalue weighted by atomic mass is 35.5. The number of aryl methyl sites for hydroxylation is 6. The van der Waals surface area contributed by atoms with Crippen molar-refractivity contribution in [2.45, 2.75) is 117 Å². The van der Waals surface area contributed by atoms with Crippen molar-refractivity contribution in [3.05, 3.63) is 219 Å². The lowest BCUT2D eigenvalue weighted by atomic mass is 9.94. The van der Waals surface area contributed by atoms with E-state index in [1.54, 1.807) is 36.4 Å². The fourth-order valence-corrected chi connectivity index (χ4v) is 9.21. The molecule has 0 amide bonds. The highest BCUT2D eigenvalue weighted by Crippen LogP contribution is 2.35. The van der Waals surface area contributed by atoms with Gasteiger partial charge >= 0.3 is 0 Å². The molecule has 1 heterocycles. The minimum absolute atomic E-state index is 0.0453. The summed E-state index contributed by atoms with van der Waals surface area (Å²) >= 11 is 18.4. The first-order valence-corrected chi connectivity index (χ1v) is 24.3. The zero-order valence-electron chi connectivity index (χ0n) is 39.5. The molecule has 1 aliphatic rings. The SMILES string of the molecule is CCc1ccc(C(CCC(=O)c2ccccc2Cl)[N+](=O)[O-])c(C)c1.CCc1ccc(C(N)CCC(=O)c2ccccc2Cl)c(C)c1.CCc1ccc(C2CCC(c3ccccc3Cl)=N2)c(C)c1. The Hall–Kier alpha value is -5.44. The van der Waals surface area contributed by atoms with Crippen molar-refractivity contribution in [1.82, 2.24) is 0 Å². The molecule has 350 valence electrons. The fraction of sp³-hybridized carbons (Fsp3) is 0.316. The number of carbonyl (C=O) groups is 2. The molecule has 1 aliphatic heterocycles. The van der Waals surface area contributed by atoms with Crippen molar-refractivity contribution in [2.75, 3.05) is 0 Å². The number of carbonyl (C=O) groups excluding carboxylic acids is 2. The number of aliphatic imine (C=N–C) groups is 1. The van der Waals surface area contributed by atoms with Crippen LogP contribution in [0.5, 0.6) is 0 Å².